The number of rotatable bonds is 6. The number of alkyl halides is 6. The van der Waals surface area contributed by atoms with E-state index in [0.29, 0.717) is 0 Å². The Morgan fingerprint density at radius 1 is 0.950 bits per heavy atom. The summed E-state index contributed by atoms with van der Waals surface area (Å²) in [6.45, 7) is 0.999. The van der Waals surface area contributed by atoms with E-state index in [-0.39, 0.29) is 6.92 Å². The number of Topliss-reactive ketones (excluding diaryl/α,β-unsaturated/α-hetero) is 1. The lowest BCUT2D eigenvalue weighted by Gasteiger charge is -2.33. The van der Waals surface area contributed by atoms with Gasteiger partial charge in [-0.1, -0.05) is 0 Å². The van der Waals surface area contributed by atoms with Crippen LogP contribution in [0.3, 0.4) is 0 Å². The maximum atomic E-state index is 12.5. The van der Waals surface area contributed by atoms with E-state index in [1.165, 1.54) is 0 Å². The minimum Gasteiger partial charge on any atom is -0.300 e. The van der Waals surface area contributed by atoms with Crippen LogP contribution in [0.25, 0.3) is 0 Å². The zero-order valence-electron chi connectivity index (χ0n) is 10.7. The molecule has 0 radical (unpaired) electrons. The summed E-state index contributed by atoms with van der Waals surface area (Å²) in [5.74, 6) is -2.55. The van der Waals surface area contributed by atoms with Crippen LogP contribution in [0, 0.1) is 5.41 Å². The molecular weight excluding hydrogens is 314 g/mol. The highest BCUT2D eigenvalue weighted by Gasteiger charge is 2.67. The largest absolute Gasteiger partial charge is 0.402 e. The third-order valence-electron chi connectivity index (χ3n) is 2.93. The van der Waals surface area contributed by atoms with Crippen LogP contribution in [0.1, 0.15) is 26.7 Å². The highest BCUT2D eigenvalue weighted by molar-refractivity contribution is 7.91. The van der Waals surface area contributed by atoms with Gasteiger partial charge in [0, 0.05) is 6.42 Å². The fourth-order valence-electron chi connectivity index (χ4n) is 1.21. The zero-order valence-corrected chi connectivity index (χ0v) is 11.5. The molecule has 0 aliphatic carbocycles. The molecule has 0 bridgehead atoms. The summed E-state index contributed by atoms with van der Waals surface area (Å²) < 4.78 is 97.8. The van der Waals surface area contributed by atoms with E-state index in [0.717, 1.165) is 6.92 Å². The Labute approximate surface area is 112 Å². The van der Waals surface area contributed by atoms with E-state index in [1.54, 1.807) is 0 Å². The van der Waals surface area contributed by atoms with Gasteiger partial charge in [0.2, 0.25) is 0 Å². The molecule has 0 aromatic heterocycles. The third-order valence-corrected chi connectivity index (χ3v) is 4.58. The fraction of sp³-hybridized carbons (Fsp3) is 0.900. The number of ketones is 1. The molecule has 0 fully saturated rings. The van der Waals surface area contributed by atoms with Crippen LogP contribution >= 0.6 is 0 Å². The highest BCUT2D eigenvalue weighted by Crippen LogP contribution is 2.52. The van der Waals surface area contributed by atoms with Crippen LogP contribution < -0.4 is 0 Å². The van der Waals surface area contributed by atoms with E-state index in [4.69, 9.17) is 0 Å². The van der Waals surface area contributed by atoms with Crippen LogP contribution in [0.2, 0.25) is 0 Å². The lowest BCUT2D eigenvalue weighted by molar-refractivity contribution is -0.334. The molecule has 0 heterocycles. The van der Waals surface area contributed by atoms with Crippen molar-refractivity contribution in [1.29, 1.82) is 0 Å². The summed E-state index contributed by atoms with van der Waals surface area (Å²) in [5.41, 5.74) is -4.09. The van der Waals surface area contributed by atoms with Crippen LogP contribution in [0.5, 0.6) is 0 Å². The Kier molecular flexibility index (Phi) is 5.67. The molecular formula is C10H14F6O3S. The van der Waals surface area contributed by atoms with Gasteiger partial charge in [-0.15, -0.1) is 0 Å². The quantitative estimate of drug-likeness (QED) is 0.705. The second-order valence-corrected chi connectivity index (χ2v) is 6.99. The van der Waals surface area contributed by atoms with Crippen molar-refractivity contribution < 1.29 is 39.6 Å². The van der Waals surface area contributed by atoms with Gasteiger partial charge in [0.05, 0.1) is 11.5 Å². The molecule has 3 nitrogen and oxygen atoms in total. The van der Waals surface area contributed by atoms with Gasteiger partial charge in [0.1, 0.15) is 5.78 Å². The molecule has 0 atom stereocenters. The van der Waals surface area contributed by atoms with Crippen LogP contribution in [0.15, 0.2) is 0 Å². The molecule has 0 aliphatic rings. The lowest BCUT2D eigenvalue weighted by Crippen LogP contribution is -2.48. The second kappa shape index (κ2) is 5.90. The van der Waals surface area contributed by atoms with Gasteiger partial charge < -0.3 is 0 Å². The minimum atomic E-state index is -5.61. The van der Waals surface area contributed by atoms with Crippen molar-refractivity contribution >= 4 is 15.6 Å². The summed E-state index contributed by atoms with van der Waals surface area (Å²) in [6, 6.07) is 0. The Morgan fingerprint density at radius 2 is 1.35 bits per heavy atom. The molecule has 0 N–H and O–H groups in total. The Balaban J connectivity index is 5.03. The second-order valence-electron chi connectivity index (χ2n) is 4.68. The van der Waals surface area contributed by atoms with Gasteiger partial charge in [-0.25, -0.2) is 8.42 Å². The molecule has 0 saturated heterocycles. The van der Waals surface area contributed by atoms with Crippen molar-refractivity contribution in [3.8, 4) is 0 Å². The number of carbonyl (C=O) groups is 1. The van der Waals surface area contributed by atoms with E-state index in [9.17, 15) is 39.6 Å². The number of hydrogen-bond acceptors (Lipinski definition) is 3. The van der Waals surface area contributed by atoms with Crippen molar-refractivity contribution in [3.05, 3.63) is 0 Å². The molecule has 0 aromatic rings. The summed E-state index contributed by atoms with van der Waals surface area (Å²) in [7, 11) is -4.15. The number of sulfone groups is 1. The fourth-order valence-corrected chi connectivity index (χ4v) is 2.73. The molecule has 0 spiro atoms. The van der Waals surface area contributed by atoms with Crippen LogP contribution in [-0.2, 0) is 14.6 Å². The maximum absolute atomic E-state index is 12.5. The predicted molar refractivity (Wildman–Crippen MR) is 58.8 cm³/mol. The average molecular weight is 328 g/mol. The van der Waals surface area contributed by atoms with E-state index >= 15 is 0 Å². The molecule has 120 valence electrons. The van der Waals surface area contributed by atoms with Crippen LogP contribution in [0.4, 0.5) is 26.3 Å². The van der Waals surface area contributed by atoms with Crippen LogP contribution in [-0.4, -0.2) is 38.1 Å². The predicted octanol–water partition coefficient (Wildman–Crippen LogP) is 2.90. The summed E-state index contributed by atoms with van der Waals surface area (Å²) in [6.07, 6.45) is -13.3. The first-order chi connectivity index (χ1) is 8.62. The third kappa shape index (κ3) is 4.95. The summed E-state index contributed by atoms with van der Waals surface area (Å²) in [4.78, 5) is 10.6. The number of carbonyl (C=O) groups excluding carboxylic acids is 1. The molecule has 10 heteroatoms. The topological polar surface area (TPSA) is 51.2 Å². The molecule has 0 aliphatic heterocycles. The summed E-state index contributed by atoms with van der Waals surface area (Å²) in [5, 5.41) is 0. The van der Waals surface area contributed by atoms with Gasteiger partial charge >= 0.3 is 12.4 Å². The smallest absolute Gasteiger partial charge is 0.300 e. The molecule has 0 unspecified atom stereocenters. The van der Waals surface area contributed by atoms with E-state index in [1.807, 2.05) is 0 Å². The van der Waals surface area contributed by atoms with E-state index < -0.39 is 57.7 Å². The lowest BCUT2D eigenvalue weighted by atomic mass is 9.86. The zero-order chi connectivity index (χ0) is 16.4. The van der Waals surface area contributed by atoms with Gasteiger partial charge in [0.15, 0.2) is 15.3 Å². The first-order valence-corrected chi connectivity index (χ1v) is 7.28. The Hall–Kier alpha value is -0.800. The molecule has 20 heavy (non-hydrogen) atoms. The van der Waals surface area contributed by atoms with Crippen molar-refractivity contribution in [2.24, 2.45) is 5.41 Å². The van der Waals surface area contributed by atoms with Gasteiger partial charge in [-0.3, -0.25) is 4.79 Å². The summed E-state index contributed by atoms with van der Waals surface area (Å²) >= 11 is 0. The SMILES string of the molecule is CC(=O)CCS(=O)(=O)CCC(C)(C(F)(F)F)C(F)(F)F. The number of halogens is 6. The average Bonchev–Trinajstić information content (AvgIpc) is 2.20. The molecule has 0 aromatic carbocycles. The van der Waals surface area contributed by atoms with Crippen molar-refractivity contribution in [3.63, 3.8) is 0 Å². The Bertz CT molecular complexity index is 435. The maximum Gasteiger partial charge on any atom is 0.402 e. The molecule has 0 rings (SSSR count). The number of hydrogen-bond donors (Lipinski definition) is 0. The van der Waals surface area contributed by atoms with Crippen molar-refractivity contribution in [2.75, 3.05) is 11.5 Å². The van der Waals surface area contributed by atoms with Crippen molar-refractivity contribution in [2.45, 2.75) is 39.0 Å². The first-order valence-electron chi connectivity index (χ1n) is 5.46. The van der Waals surface area contributed by atoms with Gasteiger partial charge in [-0.2, -0.15) is 26.3 Å². The minimum absolute atomic E-state index is 0.0759. The Morgan fingerprint density at radius 3 is 1.65 bits per heavy atom. The van der Waals surface area contributed by atoms with E-state index in [2.05, 4.69) is 0 Å². The van der Waals surface area contributed by atoms with Gasteiger partial charge in [0.25, 0.3) is 0 Å². The highest BCUT2D eigenvalue weighted by atomic mass is 32.2. The standard InChI is InChI=1S/C10H14F6O3S/c1-7(17)3-5-20(18,19)6-4-8(2,9(11,12)13)10(14,15)16/h3-6H2,1-2H3. The van der Waals surface area contributed by atoms with Gasteiger partial charge in [-0.05, 0) is 20.3 Å². The first kappa shape index (κ1) is 19.2. The monoisotopic (exact) mass is 328 g/mol. The van der Waals surface area contributed by atoms with Crippen molar-refractivity contribution in [1.82, 2.24) is 0 Å². The normalized spacial score (nSPS) is 14.4. The molecule has 0 saturated carbocycles. The molecule has 0 amide bonds.